The molecular formula is C12H16BrN3. The number of imidazole rings is 1. The molecule has 2 rings (SSSR count). The first-order chi connectivity index (χ1) is 7.76. The highest BCUT2D eigenvalue weighted by atomic mass is 79.9. The lowest BCUT2D eigenvalue weighted by molar-refractivity contribution is 0.287. The second kappa shape index (κ2) is 4.97. The predicted molar refractivity (Wildman–Crippen MR) is 69.5 cm³/mol. The summed E-state index contributed by atoms with van der Waals surface area (Å²) in [5.74, 6) is 1.09. The molecule has 2 aromatic rings. The zero-order valence-electron chi connectivity index (χ0n) is 9.65. The van der Waals surface area contributed by atoms with E-state index in [-0.39, 0.29) is 0 Å². The molecular weight excluding hydrogens is 266 g/mol. The average Bonchev–Trinajstić information content (AvgIpc) is 2.64. The third-order valence-corrected chi connectivity index (χ3v) is 3.42. The van der Waals surface area contributed by atoms with Gasteiger partial charge in [0.05, 0.1) is 12.1 Å². The first-order valence-electron chi connectivity index (χ1n) is 5.60. The number of rotatable bonds is 4. The maximum Gasteiger partial charge on any atom is 0.132 e. The molecule has 0 aliphatic heterocycles. The van der Waals surface area contributed by atoms with E-state index in [9.17, 15) is 0 Å². The van der Waals surface area contributed by atoms with Gasteiger partial charge in [-0.1, -0.05) is 19.9 Å². The van der Waals surface area contributed by atoms with E-state index in [2.05, 4.69) is 56.3 Å². The van der Waals surface area contributed by atoms with Crippen molar-refractivity contribution in [2.24, 2.45) is 0 Å². The van der Waals surface area contributed by atoms with Crippen LogP contribution in [-0.2, 0) is 6.54 Å². The van der Waals surface area contributed by atoms with Gasteiger partial charge in [-0.15, -0.1) is 0 Å². The van der Waals surface area contributed by atoms with E-state index in [1.165, 1.54) is 0 Å². The van der Waals surface area contributed by atoms with E-state index >= 15 is 0 Å². The van der Waals surface area contributed by atoms with Crippen LogP contribution in [0.4, 0.5) is 0 Å². The standard InChI is InChI=1S/C12H16BrN3/c1-3-15(4-2)9-11-14-12(13)10-7-5-6-8-16(10)11/h5-8H,3-4,9H2,1-2H3. The molecule has 0 saturated carbocycles. The lowest BCUT2D eigenvalue weighted by Crippen LogP contribution is -2.23. The van der Waals surface area contributed by atoms with E-state index in [1.807, 2.05) is 12.1 Å². The summed E-state index contributed by atoms with van der Waals surface area (Å²) in [4.78, 5) is 6.92. The summed E-state index contributed by atoms with van der Waals surface area (Å²) >= 11 is 3.50. The van der Waals surface area contributed by atoms with E-state index in [1.54, 1.807) is 0 Å². The molecule has 0 fully saturated rings. The van der Waals surface area contributed by atoms with Crippen molar-refractivity contribution in [1.29, 1.82) is 0 Å². The maximum atomic E-state index is 4.56. The van der Waals surface area contributed by atoms with Crippen LogP contribution in [0.2, 0.25) is 0 Å². The van der Waals surface area contributed by atoms with Gasteiger partial charge in [-0.25, -0.2) is 4.98 Å². The summed E-state index contributed by atoms with van der Waals surface area (Å²) < 4.78 is 3.07. The molecule has 0 spiro atoms. The fraction of sp³-hybridized carbons (Fsp3) is 0.417. The minimum absolute atomic E-state index is 0.893. The molecule has 0 N–H and O–H groups in total. The molecule has 0 bridgehead atoms. The Balaban J connectivity index is 2.37. The fourth-order valence-electron chi connectivity index (χ4n) is 1.82. The van der Waals surface area contributed by atoms with Crippen LogP contribution in [0, 0.1) is 0 Å². The van der Waals surface area contributed by atoms with E-state index in [0.29, 0.717) is 0 Å². The first-order valence-corrected chi connectivity index (χ1v) is 6.39. The van der Waals surface area contributed by atoms with Crippen molar-refractivity contribution in [3.8, 4) is 0 Å². The number of fused-ring (bicyclic) bond motifs is 1. The zero-order chi connectivity index (χ0) is 11.5. The maximum absolute atomic E-state index is 4.56. The molecule has 3 nitrogen and oxygen atoms in total. The van der Waals surface area contributed by atoms with Crippen LogP contribution < -0.4 is 0 Å². The van der Waals surface area contributed by atoms with Gasteiger partial charge in [-0.05, 0) is 41.2 Å². The Bertz CT molecular complexity index is 474. The summed E-state index contributed by atoms with van der Waals surface area (Å²) in [6.07, 6.45) is 2.06. The lowest BCUT2D eigenvalue weighted by Gasteiger charge is -2.16. The predicted octanol–water partition coefficient (Wildman–Crippen LogP) is 2.94. The van der Waals surface area contributed by atoms with Crippen LogP contribution in [0.15, 0.2) is 29.0 Å². The van der Waals surface area contributed by atoms with Gasteiger partial charge >= 0.3 is 0 Å². The number of pyridine rings is 1. The molecule has 16 heavy (non-hydrogen) atoms. The first kappa shape index (κ1) is 11.6. The van der Waals surface area contributed by atoms with Crippen molar-refractivity contribution in [2.75, 3.05) is 13.1 Å². The number of hydrogen-bond donors (Lipinski definition) is 0. The number of halogens is 1. The minimum atomic E-state index is 0.893. The summed E-state index contributed by atoms with van der Waals surface area (Å²) in [6, 6.07) is 6.14. The molecule has 0 aliphatic rings. The van der Waals surface area contributed by atoms with Crippen molar-refractivity contribution >= 4 is 21.4 Å². The third kappa shape index (κ3) is 2.13. The van der Waals surface area contributed by atoms with Crippen LogP contribution in [-0.4, -0.2) is 27.4 Å². The van der Waals surface area contributed by atoms with Crippen molar-refractivity contribution in [1.82, 2.24) is 14.3 Å². The van der Waals surface area contributed by atoms with Crippen molar-refractivity contribution < 1.29 is 0 Å². The molecule has 0 amide bonds. The molecule has 0 unspecified atom stereocenters. The minimum Gasteiger partial charge on any atom is -0.301 e. The second-order valence-electron chi connectivity index (χ2n) is 3.74. The highest BCUT2D eigenvalue weighted by Gasteiger charge is 2.10. The monoisotopic (exact) mass is 281 g/mol. The topological polar surface area (TPSA) is 20.5 Å². The Labute approximate surface area is 104 Å². The summed E-state index contributed by atoms with van der Waals surface area (Å²) in [5.41, 5.74) is 1.13. The normalized spacial score (nSPS) is 11.5. The Hall–Kier alpha value is -0.870. The summed E-state index contributed by atoms with van der Waals surface area (Å²) in [7, 11) is 0. The summed E-state index contributed by atoms with van der Waals surface area (Å²) in [6.45, 7) is 7.35. The smallest absolute Gasteiger partial charge is 0.132 e. The van der Waals surface area contributed by atoms with Gasteiger partial charge in [0.25, 0.3) is 0 Å². The van der Waals surface area contributed by atoms with Crippen molar-refractivity contribution in [3.05, 3.63) is 34.8 Å². The van der Waals surface area contributed by atoms with Gasteiger partial charge in [-0.2, -0.15) is 0 Å². The number of hydrogen-bond acceptors (Lipinski definition) is 2. The van der Waals surface area contributed by atoms with Gasteiger partial charge in [0.15, 0.2) is 0 Å². The van der Waals surface area contributed by atoms with Crippen molar-refractivity contribution in [3.63, 3.8) is 0 Å². The Morgan fingerprint density at radius 3 is 2.75 bits per heavy atom. The molecule has 2 aromatic heterocycles. The molecule has 0 atom stereocenters. The largest absolute Gasteiger partial charge is 0.301 e. The van der Waals surface area contributed by atoms with Crippen LogP contribution in [0.3, 0.4) is 0 Å². The third-order valence-electron chi connectivity index (χ3n) is 2.84. The van der Waals surface area contributed by atoms with E-state index in [0.717, 1.165) is 35.6 Å². The van der Waals surface area contributed by atoms with Crippen LogP contribution in [0.1, 0.15) is 19.7 Å². The Kier molecular flexibility index (Phi) is 3.61. The highest BCUT2D eigenvalue weighted by Crippen LogP contribution is 2.19. The number of nitrogens with zero attached hydrogens (tertiary/aromatic N) is 3. The quantitative estimate of drug-likeness (QED) is 0.859. The van der Waals surface area contributed by atoms with Gasteiger partial charge in [0.1, 0.15) is 10.4 Å². The van der Waals surface area contributed by atoms with E-state index in [4.69, 9.17) is 0 Å². The lowest BCUT2D eigenvalue weighted by atomic mass is 10.4. The zero-order valence-corrected chi connectivity index (χ0v) is 11.2. The van der Waals surface area contributed by atoms with Gasteiger partial charge in [-0.3, -0.25) is 4.90 Å². The van der Waals surface area contributed by atoms with Crippen molar-refractivity contribution in [2.45, 2.75) is 20.4 Å². The molecule has 2 heterocycles. The van der Waals surface area contributed by atoms with Gasteiger partial charge in [0.2, 0.25) is 0 Å². The molecule has 0 aromatic carbocycles. The summed E-state index contributed by atoms with van der Waals surface area (Å²) in [5, 5.41) is 0. The van der Waals surface area contributed by atoms with Crippen LogP contribution in [0.25, 0.3) is 5.52 Å². The van der Waals surface area contributed by atoms with Gasteiger partial charge < -0.3 is 4.40 Å². The fourth-order valence-corrected chi connectivity index (χ4v) is 2.35. The number of aromatic nitrogens is 2. The highest BCUT2D eigenvalue weighted by molar-refractivity contribution is 9.10. The van der Waals surface area contributed by atoms with Gasteiger partial charge in [0, 0.05) is 6.20 Å². The Morgan fingerprint density at radius 2 is 2.06 bits per heavy atom. The molecule has 0 saturated heterocycles. The Morgan fingerprint density at radius 1 is 1.31 bits per heavy atom. The van der Waals surface area contributed by atoms with Crippen LogP contribution in [0.5, 0.6) is 0 Å². The van der Waals surface area contributed by atoms with Crippen LogP contribution >= 0.6 is 15.9 Å². The molecule has 86 valence electrons. The average molecular weight is 282 g/mol. The molecule has 4 heteroatoms. The van der Waals surface area contributed by atoms with E-state index < -0.39 is 0 Å². The second-order valence-corrected chi connectivity index (χ2v) is 4.49. The molecule has 0 radical (unpaired) electrons. The molecule has 0 aliphatic carbocycles. The SMILES string of the molecule is CCN(CC)Cc1nc(Br)c2ccccn12.